The molecule has 0 aromatic carbocycles. The molecule has 18 heavy (non-hydrogen) atoms. The Hall–Kier alpha value is -2.11. The number of carbonyl (C=O) groups is 2. The molecule has 0 saturated carbocycles. The van der Waals surface area contributed by atoms with Gasteiger partial charge in [-0.15, -0.1) is 0 Å². The Morgan fingerprint density at radius 3 is 2.67 bits per heavy atom. The summed E-state index contributed by atoms with van der Waals surface area (Å²) >= 11 is 0. The van der Waals surface area contributed by atoms with Crippen LogP contribution in [0.4, 0.5) is 4.79 Å². The number of aliphatic carboxylic acids is 1. The molecule has 1 heterocycles. The van der Waals surface area contributed by atoms with Gasteiger partial charge in [-0.05, 0) is 17.5 Å². The molecule has 6 nitrogen and oxygen atoms in total. The van der Waals surface area contributed by atoms with Crippen LogP contribution in [-0.4, -0.2) is 28.1 Å². The van der Waals surface area contributed by atoms with E-state index in [1.54, 1.807) is 32.3 Å². The van der Waals surface area contributed by atoms with E-state index in [1.165, 1.54) is 0 Å². The molecule has 0 radical (unpaired) electrons. The Balaban J connectivity index is 2.44. The van der Waals surface area contributed by atoms with Crippen LogP contribution in [0.3, 0.4) is 0 Å². The first kappa shape index (κ1) is 14.0. The van der Waals surface area contributed by atoms with Crippen molar-refractivity contribution in [1.82, 2.24) is 15.6 Å². The van der Waals surface area contributed by atoms with Crippen LogP contribution in [0.2, 0.25) is 0 Å². The van der Waals surface area contributed by atoms with Gasteiger partial charge in [-0.2, -0.15) is 0 Å². The Kier molecular flexibility index (Phi) is 5.10. The number of rotatable bonds is 5. The summed E-state index contributed by atoms with van der Waals surface area (Å²) in [6.07, 6.45) is 3.28. The molecule has 2 amide bonds. The highest BCUT2D eigenvalue weighted by molar-refractivity contribution is 5.82. The third-order valence-electron chi connectivity index (χ3n) is 2.40. The lowest BCUT2D eigenvalue weighted by atomic mass is 10.1. The maximum Gasteiger partial charge on any atom is 0.326 e. The molecule has 0 fully saturated rings. The predicted molar refractivity (Wildman–Crippen MR) is 65.9 cm³/mol. The van der Waals surface area contributed by atoms with Gasteiger partial charge in [-0.25, -0.2) is 9.59 Å². The van der Waals surface area contributed by atoms with E-state index < -0.39 is 18.0 Å². The molecule has 0 aliphatic carbocycles. The summed E-state index contributed by atoms with van der Waals surface area (Å²) in [6.45, 7) is 3.78. The van der Waals surface area contributed by atoms with Gasteiger partial charge in [0, 0.05) is 18.9 Å². The van der Waals surface area contributed by atoms with E-state index in [9.17, 15) is 9.59 Å². The van der Waals surface area contributed by atoms with E-state index in [4.69, 9.17) is 5.11 Å². The van der Waals surface area contributed by atoms with Gasteiger partial charge in [0.15, 0.2) is 0 Å². The van der Waals surface area contributed by atoms with Crippen LogP contribution >= 0.6 is 0 Å². The molecule has 1 unspecified atom stereocenters. The molecule has 1 rings (SSSR count). The third kappa shape index (κ3) is 4.40. The van der Waals surface area contributed by atoms with Crippen molar-refractivity contribution in [2.45, 2.75) is 26.4 Å². The summed E-state index contributed by atoms with van der Waals surface area (Å²) in [5.41, 5.74) is 0.851. The molecule has 1 atom stereocenters. The summed E-state index contributed by atoms with van der Waals surface area (Å²) in [5.74, 6) is -1.21. The molecular weight excluding hydrogens is 234 g/mol. The van der Waals surface area contributed by atoms with Gasteiger partial charge in [0.25, 0.3) is 0 Å². The summed E-state index contributed by atoms with van der Waals surface area (Å²) in [5, 5.41) is 13.9. The standard InChI is InChI=1S/C12H17N3O3/c1-8(2)10(11(16)17)15-12(18)14-7-9-4-3-5-13-6-9/h3-6,8,10H,7H2,1-2H3,(H,16,17)(H2,14,15,18). The first-order valence-electron chi connectivity index (χ1n) is 5.66. The minimum atomic E-state index is -1.04. The highest BCUT2D eigenvalue weighted by atomic mass is 16.4. The van der Waals surface area contributed by atoms with Crippen LogP contribution in [0.1, 0.15) is 19.4 Å². The SMILES string of the molecule is CC(C)C(NC(=O)NCc1cccnc1)C(=O)O. The number of urea groups is 1. The minimum absolute atomic E-state index is 0.174. The highest BCUT2D eigenvalue weighted by Crippen LogP contribution is 2.01. The lowest BCUT2D eigenvalue weighted by molar-refractivity contribution is -0.140. The lowest BCUT2D eigenvalue weighted by Crippen LogP contribution is -2.48. The second kappa shape index (κ2) is 6.58. The molecular formula is C12H17N3O3. The van der Waals surface area contributed by atoms with Gasteiger partial charge in [-0.1, -0.05) is 19.9 Å². The fourth-order valence-electron chi connectivity index (χ4n) is 1.39. The molecule has 0 saturated heterocycles. The van der Waals surface area contributed by atoms with Crippen molar-refractivity contribution in [3.05, 3.63) is 30.1 Å². The summed E-state index contributed by atoms with van der Waals surface area (Å²) in [6, 6.07) is 2.20. The lowest BCUT2D eigenvalue weighted by Gasteiger charge is -2.18. The topological polar surface area (TPSA) is 91.3 Å². The van der Waals surface area contributed by atoms with Crippen molar-refractivity contribution in [2.24, 2.45) is 5.92 Å². The quantitative estimate of drug-likeness (QED) is 0.727. The number of carboxylic acid groups (broad SMARTS) is 1. The molecule has 1 aromatic rings. The summed E-state index contributed by atoms with van der Waals surface area (Å²) in [4.78, 5) is 26.3. The van der Waals surface area contributed by atoms with Crippen molar-refractivity contribution < 1.29 is 14.7 Å². The molecule has 0 aliphatic heterocycles. The van der Waals surface area contributed by atoms with Gasteiger partial charge < -0.3 is 15.7 Å². The van der Waals surface area contributed by atoms with Gasteiger partial charge in [0.1, 0.15) is 6.04 Å². The van der Waals surface area contributed by atoms with Gasteiger partial charge in [0.2, 0.25) is 0 Å². The number of pyridine rings is 1. The fourth-order valence-corrected chi connectivity index (χ4v) is 1.39. The number of carbonyl (C=O) groups excluding carboxylic acids is 1. The van der Waals surface area contributed by atoms with E-state index in [0.29, 0.717) is 6.54 Å². The Morgan fingerprint density at radius 2 is 2.17 bits per heavy atom. The minimum Gasteiger partial charge on any atom is -0.480 e. The number of amides is 2. The first-order valence-corrected chi connectivity index (χ1v) is 5.66. The second-order valence-electron chi connectivity index (χ2n) is 4.25. The van der Waals surface area contributed by atoms with Crippen LogP contribution in [0.25, 0.3) is 0 Å². The molecule has 3 N–H and O–H groups in total. The maximum atomic E-state index is 11.5. The van der Waals surface area contributed by atoms with Crippen molar-refractivity contribution in [3.63, 3.8) is 0 Å². The van der Waals surface area contributed by atoms with E-state index in [2.05, 4.69) is 15.6 Å². The fraction of sp³-hybridized carbons (Fsp3) is 0.417. The van der Waals surface area contributed by atoms with Gasteiger partial charge in [0.05, 0.1) is 0 Å². The van der Waals surface area contributed by atoms with E-state index in [0.717, 1.165) is 5.56 Å². The van der Waals surface area contributed by atoms with Crippen molar-refractivity contribution >= 4 is 12.0 Å². The van der Waals surface area contributed by atoms with Crippen molar-refractivity contribution in [3.8, 4) is 0 Å². The Labute approximate surface area is 105 Å². The average molecular weight is 251 g/mol. The molecule has 0 aliphatic rings. The number of nitrogens with one attached hydrogen (secondary N) is 2. The monoisotopic (exact) mass is 251 g/mol. The van der Waals surface area contributed by atoms with Gasteiger partial charge in [-0.3, -0.25) is 4.98 Å². The zero-order valence-electron chi connectivity index (χ0n) is 10.4. The average Bonchev–Trinajstić information content (AvgIpc) is 2.34. The number of aromatic nitrogens is 1. The van der Waals surface area contributed by atoms with Crippen LogP contribution < -0.4 is 10.6 Å². The van der Waals surface area contributed by atoms with Crippen LogP contribution in [0, 0.1) is 5.92 Å². The second-order valence-corrected chi connectivity index (χ2v) is 4.25. The van der Waals surface area contributed by atoms with Crippen LogP contribution in [0.5, 0.6) is 0 Å². The predicted octanol–water partition coefficient (Wildman–Crippen LogP) is 0.990. The molecule has 6 heteroatoms. The Bertz CT molecular complexity index is 406. The van der Waals surface area contributed by atoms with Crippen molar-refractivity contribution in [1.29, 1.82) is 0 Å². The largest absolute Gasteiger partial charge is 0.480 e. The van der Waals surface area contributed by atoms with E-state index >= 15 is 0 Å². The zero-order valence-corrected chi connectivity index (χ0v) is 10.4. The normalized spacial score (nSPS) is 11.9. The molecule has 1 aromatic heterocycles. The van der Waals surface area contributed by atoms with E-state index in [-0.39, 0.29) is 5.92 Å². The van der Waals surface area contributed by atoms with E-state index in [1.807, 2.05) is 6.07 Å². The molecule has 98 valence electrons. The highest BCUT2D eigenvalue weighted by Gasteiger charge is 2.22. The third-order valence-corrected chi connectivity index (χ3v) is 2.40. The number of hydrogen-bond acceptors (Lipinski definition) is 3. The summed E-state index contributed by atoms with van der Waals surface area (Å²) in [7, 11) is 0. The Morgan fingerprint density at radius 1 is 1.44 bits per heavy atom. The van der Waals surface area contributed by atoms with Crippen molar-refractivity contribution in [2.75, 3.05) is 0 Å². The van der Waals surface area contributed by atoms with Crippen LogP contribution in [0.15, 0.2) is 24.5 Å². The van der Waals surface area contributed by atoms with Gasteiger partial charge >= 0.3 is 12.0 Å². The number of nitrogens with zero attached hydrogens (tertiary/aromatic N) is 1. The zero-order chi connectivity index (χ0) is 13.5. The maximum absolute atomic E-state index is 11.5. The number of carboxylic acids is 1. The molecule has 0 bridgehead atoms. The number of hydrogen-bond donors (Lipinski definition) is 3. The first-order chi connectivity index (χ1) is 8.50. The molecule has 0 spiro atoms. The van der Waals surface area contributed by atoms with Crippen LogP contribution in [-0.2, 0) is 11.3 Å². The smallest absolute Gasteiger partial charge is 0.326 e. The summed E-state index contributed by atoms with van der Waals surface area (Å²) < 4.78 is 0.